The van der Waals surface area contributed by atoms with Crippen LogP contribution in [0.3, 0.4) is 0 Å². The largest absolute Gasteiger partial charge is 0.394 e. The first-order chi connectivity index (χ1) is 13.2. The number of aliphatic hydroxyl groups excluding tert-OH is 3. The van der Waals surface area contributed by atoms with E-state index in [1.807, 2.05) is 20.8 Å². The lowest BCUT2D eigenvalue weighted by Crippen LogP contribution is -2.10. The predicted octanol–water partition coefficient (Wildman–Crippen LogP) is 0.0954. The van der Waals surface area contributed by atoms with Crippen molar-refractivity contribution in [1.29, 1.82) is 0 Å². The highest BCUT2D eigenvalue weighted by atomic mass is 16.5. The molecule has 0 bridgehead atoms. The molecule has 0 saturated carbocycles. The van der Waals surface area contributed by atoms with Gasteiger partial charge in [0.15, 0.2) is 0 Å². The summed E-state index contributed by atoms with van der Waals surface area (Å²) in [6, 6.07) is 0. The van der Waals surface area contributed by atoms with Crippen LogP contribution in [0.5, 0.6) is 0 Å². The van der Waals surface area contributed by atoms with Crippen LogP contribution in [0.25, 0.3) is 0 Å². The molecule has 0 aromatic heterocycles. The highest BCUT2D eigenvalue weighted by Crippen LogP contribution is 1.80. The summed E-state index contributed by atoms with van der Waals surface area (Å²) in [5.41, 5.74) is 0. The van der Waals surface area contributed by atoms with Gasteiger partial charge < -0.3 is 43.7 Å². The van der Waals surface area contributed by atoms with Crippen molar-refractivity contribution in [1.82, 2.24) is 0 Å². The smallest absolute Gasteiger partial charge is 0.0701 e. The van der Waals surface area contributed by atoms with E-state index < -0.39 is 0 Å². The molecule has 0 aromatic carbocycles. The van der Waals surface area contributed by atoms with Crippen LogP contribution in [-0.2, 0) is 28.4 Å². The van der Waals surface area contributed by atoms with E-state index in [1.54, 1.807) is 0 Å². The summed E-state index contributed by atoms with van der Waals surface area (Å²) < 4.78 is 29.8. The molecule has 0 spiro atoms. The molecule has 3 N–H and O–H groups in total. The Balaban J connectivity index is -0.000000340. The van der Waals surface area contributed by atoms with Gasteiger partial charge in [-0.1, -0.05) is 0 Å². The molecule has 0 atom stereocenters. The maximum atomic E-state index is 8.35. The lowest BCUT2D eigenvalue weighted by Gasteiger charge is -2.04. The Labute approximate surface area is 164 Å². The van der Waals surface area contributed by atoms with Crippen molar-refractivity contribution in [3.8, 4) is 0 Å². The van der Waals surface area contributed by atoms with Crippen molar-refractivity contribution in [2.45, 2.75) is 20.8 Å². The highest BCUT2D eigenvalue weighted by Gasteiger charge is 1.89. The molecule has 0 rings (SSSR count). The van der Waals surface area contributed by atoms with Crippen LogP contribution in [0.15, 0.2) is 0 Å². The van der Waals surface area contributed by atoms with Crippen LogP contribution in [0.2, 0.25) is 0 Å². The molecule has 27 heavy (non-hydrogen) atoms. The molecular weight excluding hydrogens is 360 g/mol. The zero-order valence-electron chi connectivity index (χ0n) is 17.4. The maximum absolute atomic E-state index is 8.35. The third-order valence-electron chi connectivity index (χ3n) is 2.44. The fraction of sp³-hybridized carbons (Fsp3) is 1.00. The van der Waals surface area contributed by atoms with E-state index in [0.29, 0.717) is 66.1 Å². The Morgan fingerprint density at radius 3 is 0.852 bits per heavy atom. The predicted molar refractivity (Wildman–Crippen MR) is 103 cm³/mol. The lowest BCUT2D eigenvalue weighted by atomic mass is 10.7. The summed E-state index contributed by atoms with van der Waals surface area (Å²) in [4.78, 5) is 0. The average molecular weight is 403 g/mol. The van der Waals surface area contributed by atoms with Gasteiger partial charge in [-0.15, -0.1) is 0 Å². The zero-order chi connectivity index (χ0) is 20.8. The molecule has 168 valence electrons. The summed E-state index contributed by atoms with van der Waals surface area (Å²) in [6.45, 7) is 13.0. The van der Waals surface area contributed by atoms with Gasteiger partial charge in [0.2, 0.25) is 0 Å². The monoisotopic (exact) mass is 402 g/mol. The van der Waals surface area contributed by atoms with E-state index in [-0.39, 0.29) is 19.8 Å². The maximum Gasteiger partial charge on any atom is 0.0701 e. The normalized spacial score (nSPS) is 10.0. The van der Waals surface area contributed by atoms with Gasteiger partial charge in [-0.05, 0) is 20.8 Å². The molecule has 0 saturated heterocycles. The van der Waals surface area contributed by atoms with E-state index in [0.717, 1.165) is 13.2 Å². The van der Waals surface area contributed by atoms with Crippen molar-refractivity contribution in [2.24, 2.45) is 0 Å². The highest BCUT2D eigenvalue weighted by molar-refractivity contribution is 4.32. The van der Waals surface area contributed by atoms with E-state index in [9.17, 15) is 0 Å². The molecule has 0 aliphatic heterocycles. The fourth-order valence-corrected chi connectivity index (χ4v) is 1.29. The van der Waals surface area contributed by atoms with E-state index >= 15 is 0 Å². The van der Waals surface area contributed by atoms with Gasteiger partial charge in [0, 0.05) is 19.8 Å². The molecule has 0 fully saturated rings. The van der Waals surface area contributed by atoms with Crippen molar-refractivity contribution in [3.05, 3.63) is 0 Å². The van der Waals surface area contributed by atoms with Crippen LogP contribution in [0, 0.1) is 0 Å². The van der Waals surface area contributed by atoms with Gasteiger partial charge in [-0.3, -0.25) is 0 Å². The van der Waals surface area contributed by atoms with Crippen LogP contribution in [0.1, 0.15) is 20.8 Å². The van der Waals surface area contributed by atoms with Gasteiger partial charge >= 0.3 is 0 Å². The minimum absolute atomic E-state index is 0.0684. The molecule has 9 heteroatoms. The molecule has 0 aromatic rings. The second-order valence-corrected chi connectivity index (χ2v) is 4.60. The molecule has 0 unspecified atom stereocenters. The van der Waals surface area contributed by atoms with E-state index in [2.05, 4.69) is 0 Å². The first kappa shape index (κ1) is 31.3. The summed E-state index contributed by atoms with van der Waals surface area (Å²) in [6.07, 6.45) is 0. The van der Waals surface area contributed by atoms with Crippen LogP contribution in [0.4, 0.5) is 0 Å². The Morgan fingerprint density at radius 1 is 0.370 bits per heavy atom. The minimum Gasteiger partial charge on any atom is -0.394 e. The zero-order valence-corrected chi connectivity index (χ0v) is 17.4. The molecule has 0 aliphatic rings. The van der Waals surface area contributed by atoms with Crippen LogP contribution >= 0.6 is 0 Å². The quantitative estimate of drug-likeness (QED) is 0.274. The number of aliphatic hydroxyl groups is 3. The summed E-state index contributed by atoms with van der Waals surface area (Å²) in [7, 11) is 0. The summed E-state index contributed by atoms with van der Waals surface area (Å²) >= 11 is 0. The Hall–Kier alpha value is -0.360. The lowest BCUT2D eigenvalue weighted by molar-refractivity contribution is 0.00965. The molecule has 0 amide bonds. The number of ether oxygens (including phenoxy) is 6. The second kappa shape index (κ2) is 36.5. The molecule has 0 aliphatic carbocycles. The first-order valence-electron chi connectivity index (χ1n) is 9.53. The molecule has 0 radical (unpaired) electrons. The van der Waals surface area contributed by atoms with Crippen molar-refractivity contribution < 1.29 is 43.7 Å². The Kier molecular flexibility index (Phi) is 42.4. The van der Waals surface area contributed by atoms with Gasteiger partial charge in [0.05, 0.1) is 79.3 Å². The topological polar surface area (TPSA) is 116 Å². The molecule has 0 heterocycles. The van der Waals surface area contributed by atoms with Crippen molar-refractivity contribution in [2.75, 3.05) is 99.1 Å². The Morgan fingerprint density at radius 2 is 0.593 bits per heavy atom. The number of hydrogen-bond acceptors (Lipinski definition) is 9. The first-order valence-corrected chi connectivity index (χ1v) is 9.53. The SMILES string of the molecule is CCOCCO.CCOCCOCCO.CCOCCOCCOCCO. The molecule has 9 nitrogen and oxygen atoms in total. The van der Waals surface area contributed by atoms with Gasteiger partial charge in [0.1, 0.15) is 0 Å². The standard InChI is InChI=1S/C8H18O4.C6H14O3.C4H10O2/c1-2-10-5-6-12-8-7-11-4-3-9;1-2-8-5-6-9-4-3-7;1-2-6-4-3-5/h9H,2-8H2,1H3;7H,2-6H2,1H3;5H,2-4H2,1H3. The van der Waals surface area contributed by atoms with Gasteiger partial charge in [0.25, 0.3) is 0 Å². The van der Waals surface area contributed by atoms with Gasteiger partial charge in [-0.25, -0.2) is 0 Å². The van der Waals surface area contributed by atoms with E-state index in [1.165, 1.54) is 0 Å². The number of rotatable bonds is 18. The number of hydrogen-bond donors (Lipinski definition) is 3. The van der Waals surface area contributed by atoms with Crippen molar-refractivity contribution in [3.63, 3.8) is 0 Å². The third kappa shape index (κ3) is 46.0. The molecular formula is C18H42O9. The second-order valence-electron chi connectivity index (χ2n) is 4.60. The van der Waals surface area contributed by atoms with Crippen molar-refractivity contribution >= 4 is 0 Å². The fourth-order valence-electron chi connectivity index (χ4n) is 1.29. The van der Waals surface area contributed by atoms with Gasteiger partial charge in [-0.2, -0.15) is 0 Å². The Bertz CT molecular complexity index is 189. The van der Waals surface area contributed by atoms with Crippen LogP contribution in [-0.4, -0.2) is 114 Å². The average Bonchev–Trinajstić information content (AvgIpc) is 2.69. The minimum atomic E-state index is 0.0684. The van der Waals surface area contributed by atoms with E-state index in [4.69, 9.17) is 43.7 Å². The summed E-state index contributed by atoms with van der Waals surface area (Å²) in [5, 5.41) is 24.7. The summed E-state index contributed by atoms with van der Waals surface area (Å²) in [5.74, 6) is 0. The van der Waals surface area contributed by atoms with Crippen LogP contribution < -0.4 is 0 Å². The third-order valence-corrected chi connectivity index (χ3v) is 2.44.